The maximum atomic E-state index is 13.7. The van der Waals surface area contributed by atoms with Crippen LogP contribution in [0.15, 0.2) is 18.2 Å². The minimum Gasteiger partial charge on any atom is -0.464 e. The van der Waals surface area contributed by atoms with Crippen LogP contribution in [0, 0.1) is 19.7 Å². The molecule has 0 aliphatic carbocycles. The number of hydrogen-bond donors (Lipinski definition) is 1. The monoisotopic (exact) mass is 280 g/mol. The quantitative estimate of drug-likeness (QED) is 0.875. The average molecular weight is 280 g/mol. The van der Waals surface area contributed by atoms with Crippen LogP contribution in [-0.4, -0.2) is 18.1 Å². The van der Waals surface area contributed by atoms with Gasteiger partial charge in [0.15, 0.2) is 10.8 Å². The minimum atomic E-state index is -0.493. The van der Waals surface area contributed by atoms with Gasteiger partial charge in [-0.1, -0.05) is 12.1 Å². The van der Waals surface area contributed by atoms with Gasteiger partial charge in [-0.25, -0.2) is 14.2 Å². The number of thiazole rings is 1. The van der Waals surface area contributed by atoms with Crippen molar-refractivity contribution >= 4 is 28.1 Å². The lowest BCUT2D eigenvalue weighted by Gasteiger charge is -2.07. The topological polar surface area (TPSA) is 51.2 Å². The first-order chi connectivity index (χ1) is 9.02. The van der Waals surface area contributed by atoms with Crippen LogP contribution < -0.4 is 5.32 Å². The highest BCUT2D eigenvalue weighted by Gasteiger charge is 2.16. The number of carbonyl (C=O) groups is 1. The van der Waals surface area contributed by atoms with E-state index >= 15 is 0 Å². The van der Waals surface area contributed by atoms with E-state index in [1.54, 1.807) is 26.0 Å². The maximum absolute atomic E-state index is 13.7. The van der Waals surface area contributed by atoms with Crippen molar-refractivity contribution in [2.75, 3.05) is 12.4 Å². The van der Waals surface area contributed by atoms with Gasteiger partial charge in [-0.05, 0) is 25.5 Å². The number of esters is 1. The maximum Gasteiger partial charge on any atom is 0.357 e. The second kappa shape index (κ2) is 5.36. The highest BCUT2D eigenvalue weighted by atomic mass is 32.1. The Morgan fingerprint density at radius 2 is 2.16 bits per heavy atom. The molecule has 100 valence electrons. The van der Waals surface area contributed by atoms with Gasteiger partial charge in [0.05, 0.1) is 12.8 Å². The van der Waals surface area contributed by atoms with E-state index in [0.29, 0.717) is 10.8 Å². The lowest BCUT2D eigenvalue weighted by Crippen LogP contribution is -2.03. The summed E-state index contributed by atoms with van der Waals surface area (Å²) in [5.41, 5.74) is 1.39. The van der Waals surface area contributed by atoms with Crippen molar-refractivity contribution in [3.05, 3.63) is 40.2 Å². The first kappa shape index (κ1) is 13.5. The molecular formula is C13H13FN2O2S. The van der Waals surface area contributed by atoms with Gasteiger partial charge in [-0.3, -0.25) is 0 Å². The van der Waals surface area contributed by atoms with Crippen molar-refractivity contribution in [3.8, 4) is 0 Å². The highest BCUT2D eigenvalue weighted by molar-refractivity contribution is 7.15. The molecule has 0 saturated carbocycles. The van der Waals surface area contributed by atoms with Gasteiger partial charge in [-0.2, -0.15) is 0 Å². The molecular weight excluding hydrogens is 267 g/mol. The van der Waals surface area contributed by atoms with Gasteiger partial charge >= 0.3 is 5.97 Å². The second-order valence-corrected chi connectivity index (χ2v) is 5.18. The van der Waals surface area contributed by atoms with Crippen LogP contribution in [-0.2, 0) is 4.74 Å². The van der Waals surface area contributed by atoms with Gasteiger partial charge < -0.3 is 10.1 Å². The van der Waals surface area contributed by atoms with Crippen molar-refractivity contribution < 1.29 is 13.9 Å². The van der Waals surface area contributed by atoms with Crippen LogP contribution in [0.3, 0.4) is 0 Å². The molecule has 4 nitrogen and oxygen atoms in total. The molecule has 0 amide bonds. The third-order valence-electron chi connectivity index (χ3n) is 2.63. The van der Waals surface area contributed by atoms with E-state index in [0.717, 1.165) is 10.4 Å². The zero-order valence-electron chi connectivity index (χ0n) is 10.8. The number of ether oxygens (including phenoxy) is 1. The van der Waals surface area contributed by atoms with E-state index in [1.807, 2.05) is 0 Å². The molecule has 0 atom stereocenters. The summed E-state index contributed by atoms with van der Waals surface area (Å²) < 4.78 is 18.3. The number of nitrogens with one attached hydrogen (secondary N) is 1. The molecule has 19 heavy (non-hydrogen) atoms. The van der Waals surface area contributed by atoms with Crippen molar-refractivity contribution in [1.29, 1.82) is 0 Å². The fourth-order valence-corrected chi connectivity index (χ4v) is 2.44. The number of carbonyl (C=O) groups excluding carboxylic acids is 1. The summed E-state index contributed by atoms with van der Waals surface area (Å²) in [5, 5.41) is 3.37. The third-order valence-corrected chi connectivity index (χ3v) is 3.52. The molecule has 0 radical (unpaired) electrons. The van der Waals surface area contributed by atoms with E-state index in [4.69, 9.17) is 0 Å². The van der Waals surface area contributed by atoms with Crippen molar-refractivity contribution in [2.45, 2.75) is 13.8 Å². The molecule has 0 spiro atoms. The summed E-state index contributed by atoms with van der Waals surface area (Å²) in [6.07, 6.45) is 0. The number of rotatable bonds is 3. The average Bonchev–Trinajstić information content (AvgIpc) is 2.74. The van der Waals surface area contributed by atoms with Crippen LogP contribution in [0.5, 0.6) is 0 Å². The van der Waals surface area contributed by atoms with E-state index in [2.05, 4.69) is 15.0 Å². The van der Waals surface area contributed by atoms with Crippen molar-refractivity contribution in [3.63, 3.8) is 0 Å². The number of benzene rings is 1. The molecule has 1 aromatic heterocycles. The zero-order chi connectivity index (χ0) is 14.0. The standard InChI is InChI=1S/C13H13FN2O2S/c1-7-5-4-6-9(14)10(7)15-13-16-11(8(2)19-13)12(17)18-3/h4-6H,1-3H3,(H,15,16). The molecule has 1 heterocycles. The number of anilines is 2. The van der Waals surface area contributed by atoms with Crippen LogP contribution in [0.1, 0.15) is 20.9 Å². The normalized spacial score (nSPS) is 10.3. The predicted molar refractivity (Wildman–Crippen MR) is 72.6 cm³/mol. The first-order valence-electron chi connectivity index (χ1n) is 5.60. The fourth-order valence-electron chi connectivity index (χ4n) is 1.63. The van der Waals surface area contributed by atoms with Gasteiger partial charge in [-0.15, -0.1) is 11.3 Å². The first-order valence-corrected chi connectivity index (χ1v) is 6.42. The molecule has 2 rings (SSSR count). The van der Waals surface area contributed by atoms with Gasteiger partial charge in [0.2, 0.25) is 0 Å². The van der Waals surface area contributed by atoms with E-state index < -0.39 is 5.97 Å². The minimum absolute atomic E-state index is 0.254. The number of nitrogens with zero attached hydrogens (tertiary/aromatic N) is 1. The molecule has 6 heteroatoms. The Balaban J connectivity index is 2.32. The van der Waals surface area contributed by atoms with E-state index in [-0.39, 0.29) is 11.5 Å². The molecule has 0 unspecified atom stereocenters. The summed E-state index contributed by atoms with van der Waals surface area (Å²) in [4.78, 5) is 16.3. The Kier molecular flexibility index (Phi) is 3.80. The summed E-state index contributed by atoms with van der Waals surface area (Å²) in [6, 6.07) is 4.81. The van der Waals surface area contributed by atoms with Gasteiger partial charge in [0, 0.05) is 4.88 Å². The molecule has 0 saturated heterocycles. The van der Waals surface area contributed by atoms with Crippen LogP contribution >= 0.6 is 11.3 Å². The molecule has 0 bridgehead atoms. The summed E-state index contributed by atoms with van der Waals surface area (Å²) in [5.74, 6) is -0.848. The predicted octanol–water partition coefficient (Wildman–Crippen LogP) is 3.43. The Bertz CT molecular complexity index is 605. The number of aryl methyl sites for hydroxylation is 2. The Morgan fingerprint density at radius 3 is 2.79 bits per heavy atom. The Morgan fingerprint density at radius 1 is 1.42 bits per heavy atom. The molecule has 0 fully saturated rings. The summed E-state index contributed by atoms with van der Waals surface area (Å²) in [6.45, 7) is 3.57. The number of halogens is 1. The fraction of sp³-hybridized carbons (Fsp3) is 0.231. The lowest BCUT2D eigenvalue weighted by atomic mass is 10.2. The molecule has 1 N–H and O–H groups in total. The number of aromatic nitrogens is 1. The van der Waals surface area contributed by atoms with E-state index in [9.17, 15) is 9.18 Å². The Hall–Kier alpha value is -1.95. The molecule has 2 aromatic rings. The lowest BCUT2D eigenvalue weighted by molar-refractivity contribution is 0.0594. The number of hydrogen-bond acceptors (Lipinski definition) is 5. The third kappa shape index (κ3) is 2.73. The number of methoxy groups -OCH3 is 1. The zero-order valence-corrected chi connectivity index (χ0v) is 11.6. The molecule has 1 aromatic carbocycles. The van der Waals surface area contributed by atoms with Crippen LogP contribution in [0.25, 0.3) is 0 Å². The second-order valence-electron chi connectivity index (χ2n) is 3.97. The van der Waals surface area contributed by atoms with E-state index in [1.165, 1.54) is 24.5 Å². The van der Waals surface area contributed by atoms with Gasteiger partial charge in [0.1, 0.15) is 5.82 Å². The van der Waals surface area contributed by atoms with Crippen LogP contribution in [0.4, 0.5) is 15.2 Å². The largest absolute Gasteiger partial charge is 0.464 e. The summed E-state index contributed by atoms with van der Waals surface area (Å²) in [7, 11) is 1.30. The summed E-state index contributed by atoms with van der Waals surface area (Å²) >= 11 is 1.28. The Labute approximate surface area is 114 Å². The van der Waals surface area contributed by atoms with Crippen molar-refractivity contribution in [2.24, 2.45) is 0 Å². The molecule has 0 aliphatic heterocycles. The smallest absolute Gasteiger partial charge is 0.357 e. The van der Waals surface area contributed by atoms with Crippen LogP contribution in [0.2, 0.25) is 0 Å². The van der Waals surface area contributed by atoms with Gasteiger partial charge in [0.25, 0.3) is 0 Å². The molecule has 0 aliphatic rings. The highest BCUT2D eigenvalue weighted by Crippen LogP contribution is 2.28. The van der Waals surface area contributed by atoms with Crippen molar-refractivity contribution in [1.82, 2.24) is 4.98 Å². The number of para-hydroxylation sites is 1. The SMILES string of the molecule is COC(=O)c1nc(Nc2c(C)cccc2F)sc1C.